The Morgan fingerprint density at radius 2 is 1.54 bits per heavy atom. The van der Waals surface area contributed by atoms with Crippen molar-refractivity contribution in [2.45, 2.75) is 19.3 Å². The van der Waals surface area contributed by atoms with Crippen molar-refractivity contribution in [3.05, 3.63) is 104 Å². The van der Waals surface area contributed by atoms with Crippen LogP contribution in [0, 0.1) is 0 Å². The summed E-state index contributed by atoms with van der Waals surface area (Å²) in [6, 6.07) is 10.8. The number of hydrogen-bond acceptors (Lipinski definition) is 1. The fraction of sp³-hybridized carbons (Fsp3) is 0.136. The number of fused-ring (bicyclic) bond motifs is 1. The van der Waals surface area contributed by atoms with Gasteiger partial charge in [0.15, 0.2) is 0 Å². The number of hydrogen-bond donors (Lipinski definition) is 0. The predicted octanol–water partition coefficient (Wildman–Crippen LogP) is 5.94. The van der Waals surface area contributed by atoms with E-state index in [0.29, 0.717) is 0 Å². The molecular formula is C22H20Cl2NZr. The van der Waals surface area contributed by atoms with Gasteiger partial charge in [0.2, 0.25) is 0 Å². The molecule has 1 aromatic rings. The number of halogens is 2. The van der Waals surface area contributed by atoms with Crippen LogP contribution in [0.2, 0.25) is 0 Å². The van der Waals surface area contributed by atoms with E-state index in [9.17, 15) is 0 Å². The standard InChI is InChI=1S/C22H18N.2ClH.Zr/c1-16-13-14-23-17(2)15-22(16,19-8-4-3-5-9-19)21-12-11-18-7-6-10-20(18)21;;;/h3-6,8-15H,1-2H3;2*1H;. The SMILES string of the molecule is CC1=CC(C2=CC=C3[C]([Zr])=CC=C32)(c2ccccc2)C(C)=CC=N1.Cl.Cl. The molecule has 1 unspecified atom stereocenters. The van der Waals surface area contributed by atoms with Gasteiger partial charge in [-0.05, 0) is 0 Å². The molecule has 0 saturated carbocycles. The number of nitrogens with zero attached hydrogens (tertiary/aromatic N) is 1. The van der Waals surface area contributed by atoms with Crippen molar-refractivity contribution in [2.75, 3.05) is 0 Å². The van der Waals surface area contributed by atoms with Crippen LogP contribution in [0.5, 0.6) is 0 Å². The van der Waals surface area contributed by atoms with E-state index < -0.39 is 0 Å². The summed E-state index contributed by atoms with van der Waals surface area (Å²) in [5.41, 5.74) is 7.50. The van der Waals surface area contributed by atoms with Gasteiger partial charge >= 0.3 is 159 Å². The fourth-order valence-corrected chi connectivity index (χ4v) is 4.57. The zero-order valence-corrected chi connectivity index (χ0v) is 18.8. The summed E-state index contributed by atoms with van der Waals surface area (Å²) >= 11 is 1.47. The Kier molecular flexibility index (Phi) is 6.67. The summed E-state index contributed by atoms with van der Waals surface area (Å²) in [6.45, 7) is 4.30. The van der Waals surface area contributed by atoms with Gasteiger partial charge in [-0.25, -0.2) is 0 Å². The van der Waals surface area contributed by atoms with Crippen molar-refractivity contribution in [3.63, 3.8) is 0 Å². The molecule has 0 spiro atoms. The molecule has 1 atom stereocenters. The van der Waals surface area contributed by atoms with E-state index in [1.165, 1.54) is 55.9 Å². The normalized spacial score (nSPS) is 23.1. The van der Waals surface area contributed by atoms with Gasteiger partial charge in [0.25, 0.3) is 0 Å². The molecule has 0 bridgehead atoms. The van der Waals surface area contributed by atoms with Crippen molar-refractivity contribution in [1.82, 2.24) is 0 Å². The smallest absolute Gasteiger partial charge is 0.147 e. The molecule has 0 radical (unpaired) electrons. The topological polar surface area (TPSA) is 12.4 Å². The number of aliphatic imine (C=N–C) groups is 1. The second-order valence-corrected chi connectivity index (χ2v) is 7.73. The van der Waals surface area contributed by atoms with E-state index in [-0.39, 0.29) is 30.2 Å². The minimum atomic E-state index is -0.263. The first-order chi connectivity index (χ1) is 11.6. The summed E-state index contributed by atoms with van der Waals surface area (Å²) < 4.78 is 1.43. The second-order valence-electron chi connectivity index (χ2n) is 6.41. The first-order valence-electron chi connectivity index (χ1n) is 8.16. The van der Waals surface area contributed by atoms with Crippen LogP contribution in [0.3, 0.4) is 0 Å². The van der Waals surface area contributed by atoms with Crippen molar-refractivity contribution in [1.29, 1.82) is 0 Å². The van der Waals surface area contributed by atoms with Gasteiger partial charge in [0.05, 0.1) is 0 Å². The first kappa shape index (κ1) is 21.1. The van der Waals surface area contributed by atoms with Gasteiger partial charge in [-0.15, -0.1) is 24.8 Å². The zero-order chi connectivity index (χ0) is 16.7. The summed E-state index contributed by atoms with van der Waals surface area (Å²) in [5, 5.41) is 0. The molecule has 131 valence electrons. The van der Waals surface area contributed by atoms with Gasteiger partial charge in [-0.3, -0.25) is 0 Å². The third-order valence-corrected chi connectivity index (χ3v) is 6.08. The van der Waals surface area contributed by atoms with Crippen molar-refractivity contribution in [3.8, 4) is 0 Å². The van der Waals surface area contributed by atoms with Crippen molar-refractivity contribution in [2.24, 2.45) is 4.99 Å². The van der Waals surface area contributed by atoms with Crippen LogP contribution in [-0.4, -0.2) is 6.21 Å². The average molecular weight is 461 g/mol. The summed E-state index contributed by atoms with van der Waals surface area (Å²) in [4.78, 5) is 4.55. The largest absolute Gasteiger partial charge is 0.147 e. The van der Waals surface area contributed by atoms with Crippen LogP contribution >= 0.6 is 24.8 Å². The Labute approximate surface area is 182 Å². The maximum atomic E-state index is 4.55. The predicted molar refractivity (Wildman–Crippen MR) is 111 cm³/mol. The number of allylic oxidation sites excluding steroid dienone is 12. The van der Waals surface area contributed by atoms with E-state index in [0.717, 1.165) is 5.70 Å². The first-order valence-corrected chi connectivity index (χ1v) is 9.39. The van der Waals surface area contributed by atoms with Gasteiger partial charge in [0, 0.05) is 0 Å². The molecule has 1 aliphatic heterocycles. The van der Waals surface area contributed by atoms with Crippen LogP contribution in [0.1, 0.15) is 19.4 Å². The average Bonchev–Trinajstić information content (AvgIpc) is 3.13. The second kappa shape index (κ2) is 8.21. The molecule has 0 N–H and O–H groups in total. The van der Waals surface area contributed by atoms with Crippen LogP contribution in [0.25, 0.3) is 0 Å². The number of rotatable bonds is 2. The quantitative estimate of drug-likeness (QED) is 0.518. The fourth-order valence-electron chi connectivity index (χ4n) is 3.83. The molecule has 1 nitrogen and oxygen atoms in total. The van der Waals surface area contributed by atoms with Gasteiger partial charge in [-0.2, -0.15) is 0 Å². The Bertz CT molecular complexity index is 930. The van der Waals surface area contributed by atoms with Gasteiger partial charge in [-0.1, -0.05) is 0 Å². The molecule has 4 rings (SSSR count). The van der Waals surface area contributed by atoms with E-state index in [1.807, 2.05) is 6.21 Å². The zero-order valence-electron chi connectivity index (χ0n) is 14.7. The van der Waals surface area contributed by atoms with Gasteiger partial charge in [0.1, 0.15) is 0 Å². The van der Waals surface area contributed by atoms with Crippen molar-refractivity contribution < 1.29 is 24.7 Å². The van der Waals surface area contributed by atoms with Gasteiger partial charge < -0.3 is 0 Å². The summed E-state index contributed by atoms with van der Waals surface area (Å²) in [6.07, 6.45) is 15.5. The van der Waals surface area contributed by atoms with Crippen LogP contribution in [-0.2, 0) is 30.1 Å². The summed E-state index contributed by atoms with van der Waals surface area (Å²) in [5.74, 6) is 0. The Morgan fingerprint density at radius 1 is 0.846 bits per heavy atom. The molecule has 1 aromatic carbocycles. The molecule has 0 saturated heterocycles. The van der Waals surface area contributed by atoms with E-state index >= 15 is 0 Å². The monoisotopic (exact) mass is 458 g/mol. The third kappa shape index (κ3) is 3.24. The molecule has 0 aromatic heterocycles. The molecule has 2 aliphatic carbocycles. The van der Waals surface area contributed by atoms with Crippen LogP contribution in [0.15, 0.2) is 103 Å². The maximum Gasteiger partial charge on any atom is -0.147 e. The molecule has 26 heavy (non-hydrogen) atoms. The van der Waals surface area contributed by atoms with E-state index in [2.05, 4.69) is 85.6 Å². The molecule has 1 heterocycles. The molecular weight excluding hydrogens is 440 g/mol. The van der Waals surface area contributed by atoms with E-state index in [1.54, 1.807) is 0 Å². The van der Waals surface area contributed by atoms with E-state index in [4.69, 9.17) is 0 Å². The molecule has 4 heteroatoms. The number of benzene rings is 1. The third-order valence-electron chi connectivity index (χ3n) is 5.01. The van der Waals surface area contributed by atoms with Crippen molar-refractivity contribution >= 4 is 31.0 Å². The Balaban J connectivity index is 0.00000121. The summed E-state index contributed by atoms with van der Waals surface area (Å²) in [7, 11) is 0. The minimum absolute atomic E-state index is 0. The molecule has 3 aliphatic rings. The van der Waals surface area contributed by atoms with Crippen LogP contribution in [0.4, 0.5) is 0 Å². The molecule has 0 amide bonds. The van der Waals surface area contributed by atoms with Crippen LogP contribution < -0.4 is 0 Å². The Hall–Kier alpha value is -1.21. The minimum Gasteiger partial charge on any atom is -0.147 e. The molecule has 0 fully saturated rings. The Morgan fingerprint density at radius 3 is 2.27 bits per heavy atom. The maximum absolute atomic E-state index is 4.55.